The first-order valence-electron chi connectivity index (χ1n) is 12.3. The van der Waals surface area contributed by atoms with Gasteiger partial charge in [-0.2, -0.15) is 0 Å². The Morgan fingerprint density at radius 1 is 1.00 bits per heavy atom. The molecule has 7 nitrogen and oxygen atoms in total. The maximum Gasteiger partial charge on any atom is 0.407 e. The third-order valence-corrected chi connectivity index (χ3v) is 7.07. The molecule has 35 heavy (non-hydrogen) atoms. The highest BCUT2D eigenvalue weighted by Gasteiger charge is 2.31. The standard InChI is InChI=1S/C28H34N2O5/c1-28(2,15-26(32)33)17-29-25(31)14-18-11-12-19(13-18)30-27(34)35-16-24-22-9-5-3-7-20(22)21-8-4-6-10-23(21)24/h3-10,18-19,24H,11-17H2,1-2H3,(H,29,31)(H,30,34)(H,32,33)/t18-,19+/m1/s1. The molecule has 0 saturated heterocycles. The predicted octanol–water partition coefficient (Wildman–Crippen LogP) is 4.70. The van der Waals surface area contributed by atoms with E-state index in [1.54, 1.807) is 0 Å². The highest BCUT2D eigenvalue weighted by atomic mass is 16.5. The fourth-order valence-corrected chi connectivity index (χ4v) is 5.34. The molecule has 3 N–H and O–H groups in total. The molecule has 0 bridgehead atoms. The first kappa shape index (κ1) is 24.8. The lowest BCUT2D eigenvalue weighted by atomic mass is 9.89. The van der Waals surface area contributed by atoms with Gasteiger partial charge in [-0.25, -0.2) is 4.79 Å². The number of carboxylic acid groups (broad SMARTS) is 1. The Labute approximate surface area is 206 Å². The summed E-state index contributed by atoms with van der Waals surface area (Å²) in [5.74, 6) is -0.729. The van der Waals surface area contributed by atoms with Crippen LogP contribution in [0, 0.1) is 11.3 Å². The van der Waals surface area contributed by atoms with E-state index in [9.17, 15) is 14.4 Å². The molecule has 2 amide bonds. The molecule has 0 heterocycles. The van der Waals surface area contributed by atoms with Gasteiger partial charge >= 0.3 is 12.1 Å². The fraction of sp³-hybridized carbons (Fsp3) is 0.464. The van der Waals surface area contributed by atoms with Crippen LogP contribution in [-0.4, -0.2) is 42.3 Å². The summed E-state index contributed by atoms with van der Waals surface area (Å²) in [5, 5.41) is 14.8. The molecule has 0 aliphatic heterocycles. The van der Waals surface area contributed by atoms with Gasteiger partial charge in [-0.1, -0.05) is 62.4 Å². The van der Waals surface area contributed by atoms with Crippen LogP contribution in [-0.2, 0) is 14.3 Å². The number of hydrogen-bond acceptors (Lipinski definition) is 4. The Bertz CT molecular complexity index is 1050. The minimum atomic E-state index is -0.873. The minimum Gasteiger partial charge on any atom is -0.481 e. The summed E-state index contributed by atoms with van der Waals surface area (Å²) < 4.78 is 5.65. The second kappa shape index (κ2) is 10.5. The molecular formula is C28H34N2O5. The lowest BCUT2D eigenvalue weighted by Gasteiger charge is -2.23. The quantitative estimate of drug-likeness (QED) is 0.485. The van der Waals surface area contributed by atoms with E-state index in [0.717, 1.165) is 19.3 Å². The van der Waals surface area contributed by atoms with E-state index in [1.165, 1.54) is 22.3 Å². The molecule has 186 valence electrons. The number of fused-ring (bicyclic) bond motifs is 3. The molecular weight excluding hydrogens is 444 g/mol. The molecule has 0 unspecified atom stereocenters. The highest BCUT2D eigenvalue weighted by molar-refractivity contribution is 5.79. The van der Waals surface area contributed by atoms with Gasteiger partial charge in [0.25, 0.3) is 0 Å². The van der Waals surface area contributed by atoms with Crippen molar-refractivity contribution in [3.05, 3.63) is 59.7 Å². The fourth-order valence-electron chi connectivity index (χ4n) is 5.34. The number of ether oxygens (including phenoxy) is 1. The third kappa shape index (κ3) is 6.21. The van der Waals surface area contributed by atoms with Gasteiger partial charge in [0.2, 0.25) is 5.91 Å². The van der Waals surface area contributed by atoms with Gasteiger partial charge in [0.1, 0.15) is 6.61 Å². The Kier molecular flexibility index (Phi) is 7.43. The van der Waals surface area contributed by atoms with Crippen molar-refractivity contribution < 1.29 is 24.2 Å². The van der Waals surface area contributed by atoms with Gasteiger partial charge < -0.3 is 20.5 Å². The lowest BCUT2D eigenvalue weighted by Crippen LogP contribution is -2.36. The SMILES string of the molecule is CC(C)(CNC(=O)C[C@@H]1CC[C@H](NC(=O)OCC2c3ccccc3-c3ccccc32)C1)CC(=O)O. The second-order valence-corrected chi connectivity index (χ2v) is 10.6. The zero-order valence-corrected chi connectivity index (χ0v) is 20.4. The summed E-state index contributed by atoms with van der Waals surface area (Å²) in [5.41, 5.74) is 4.26. The zero-order chi connectivity index (χ0) is 25.0. The van der Waals surface area contributed by atoms with Crippen molar-refractivity contribution in [2.24, 2.45) is 11.3 Å². The van der Waals surface area contributed by atoms with Gasteiger partial charge in [0, 0.05) is 24.9 Å². The molecule has 1 saturated carbocycles. The summed E-state index contributed by atoms with van der Waals surface area (Å²) in [6.45, 7) is 4.26. The van der Waals surface area contributed by atoms with Crippen LogP contribution >= 0.6 is 0 Å². The molecule has 1 fully saturated rings. The summed E-state index contributed by atoms with van der Waals surface area (Å²) in [4.78, 5) is 35.8. The van der Waals surface area contributed by atoms with Gasteiger partial charge in [-0.15, -0.1) is 0 Å². The largest absolute Gasteiger partial charge is 0.481 e. The van der Waals surface area contributed by atoms with E-state index in [0.29, 0.717) is 13.0 Å². The Hall–Kier alpha value is -3.35. The molecule has 0 aromatic heterocycles. The van der Waals surface area contributed by atoms with Crippen molar-refractivity contribution in [2.45, 2.75) is 57.9 Å². The number of alkyl carbamates (subject to hydrolysis) is 1. The number of amides is 2. The summed E-state index contributed by atoms with van der Waals surface area (Å²) in [6.07, 6.45) is 2.37. The normalized spacial score (nSPS) is 19.0. The lowest BCUT2D eigenvalue weighted by molar-refractivity contribution is -0.139. The number of benzene rings is 2. The van der Waals surface area contributed by atoms with E-state index >= 15 is 0 Å². The van der Waals surface area contributed by atoms with Crippen molar-refractivity contribution in [2.75, 3.05) is 13.2 Å². The summed E-state index contributed by atoms with van der Waals surface area (Å²) in [7, 11) is 0. The van der Waals surface area contributed by atoms with Gasteiger partial charge in [-0.05, 0) is 52.8 Å². The minimum absolute atomic E-state index is 0.00282. The molecule has 2 atom stereocenters. The van der Waals surface area contributed by atoms with E-state index in [2.05, 4.69) is 34.9 Å². The smallest absolute Gasteiger partial charge is 0.407 e. The number of rotatable bonds is 9. The monoisotopic (exact) mass is 478 g/mol. The topological polar surface area (TPSA) is 105 Å². The van der Waals surface area contributed by atoms with E-state index in [-0.39, 0.29) is 36.8 Å². The number of nitrogens with one attached hydrogen (secondary N) is 2. The Balaban J connectivity index is 1.22. The molecule has 2 aliphatic rings. The number of carbonyl (C=O) groups is 3. The first-order chi connectivity index (χ1) is 16.7. The molecule has 0 radical (unpaired) electrons. The maximum absolute atomic E-state index is 12.5. The van der Waals surface area contributed by atoms with Crippen LogP contribution in [0.5, 0.6) is 0 Å². The Morgan fingerprint density at radius 3 is 2.26 bits per heavy atom. The molecule has 2 aliphatic carbocycles. The average molecular weight is 479 g/mol. The van der Waals surface area contributed by atoms with Gasteiger partial charge in [0.05, 0.1) is 6.42 Å². The molecule has 7 heteroatoms. The van der Waals surface area contributed by atoms with Crippen LogP contribution < -0.4 is 10.6 Å². The van der Waals surface area contributed by atoms with Crippen molar-refractivity contribution in [3.8, 4) is 11.1 Å². The average Bonchev–Trinajstić information content (AvgIpc) is 3.37. The third-order valence-electron chi connectivity index (χ3n) is 7.07. The maximum atomic E-state index is 12.5. The number of hydrogen-bond donors (Lipinski definition) is 3. The molecule has 2 aromatic rings. The van der Waals surface area contributed by atoms with Crippen LogP contribution in [0.4, 0.5) is 4.79 Å². The molecule has 4 rings (SSSR count). The number of carbonyl (C=O) groups excluding carboxylic acids is 2. The van der Waals surface area contributed by atoms with Crippen LogP contribution in [0.2, 0.25) is 0 Å². The zero-order valence-electron chi connectivity index (χ0n) is 20.4. The van der Waals surface area contributed by atoms with Crippen molar-refractivity contribution in [3.63, 3.8) is 0 Å². The highest BCUT2D eigenvalue weighted by Crippen LogP contribution is 2.44. The van der Waals surface area contributed by atoms with E-state index < -0.39 is 17.5 Å². The van der Waals surface area contributed by atoms with Gasteiger partial charge in [-0.3, -0.25) is 9.59 Å². The van der Waals surface area contributed by atoms with Crippen molar-refractivity contribution >= 4 is 18.0 Å². The summed E-state index contributed by atoms with van der Waals surface area (Å²) >= 11 is 0. The molecule has 0 spiro atoms. The predicted molar refractivity (Wildman–Crippen MR) is 133 cm³/mol. The summed E-state index contributed by atoms with van der Waals surface area (Å²) in [6, 6.07) is 16.5. The number of aliphatic carboxylic acids is 1. The van der Waals surface area contributed by atoms with E-state index in [1.807, 2.05) is 38.1 Å². The van der Waals surface area contributed by atoms with Crippen LogP contribution in [0.3, 0.4) is 0 Å². The van der Waals surface area contributed by atoms with Crippen LogP contribution in [0.1, 0.15) is 63.0 Å². The Morgan fingerprint density at radius 2 is 1.63 bits per heavy atom. The van der Waals surface area contributed by atoms with Gasteiger partial charge in [0.15, 0.2) is 0 Å². The molecule has 2 aromatic carbocycles. The van der Waals surface area contributed by atoms with Crippen molar-refractivity contribution in [1.29, 1.82) is 0 Å². The first-order valence-corrected chi connectivity index (χ1v) is 12.3. The van der Waals surface area contributed by atoms with Crippen LogP contribution in [0.25, 0.3) is 11.1 Å². The van der Waals surface area contributed by atoms with Crippen molar-refractivity contribution in [1.82, 2.24) is 10.6 Å². The number of carboxylic acids is 1. The van der Waals surface area contributed by atoms with E-state index in [4.69, 9.17) is 9.84 Å². The van der Waals surface area contributed by atoms with Crippen LogP contribution in [0.15, 0.2) is 48.5 Å². The second-order valence-electron chi connectivity index (χ2n) is 10.6.